The van der Waals surface area contributed by atoms with Crippen molar-refractivity contribution in [2.75, 3.05) is 7.11 Å². The van der Waals surface area contributed by atoms with E-state index in [1.54, 1.807) is 18.4 Å². The van der Waals surface area contributed by atoms with E-state index in [4.69, 9.17) is 4.74 Å². The third-order valence-electron chi connectivity index (χ3n) is 3.52. The molecular formula is C15H15BrO2S. The Hall–Kier alpha value is -0.840. The van der Waals surface area contributed by atoms with E-state index in [0.717, 1.165) is 33.5 Å². The van der Waals surface area contributed by atoms with Crippen LogP contribution in [0.25, 0.3) is 0 Å². The molecule has 1 aliphatic carbocycles. The summed E-state index contributed by atoms with van der Waals surface area (Å²) in [5.41, 5.74) is 2.23. The minimum Gasteiger partial charge on any atom is -0.496 e. The Morgan fingerprint density at radius 1 is 1.32 bits per heavy atom. The van der Waals surface area contributed by atoms with Crippen LogP contribution in [0.4, 0.5) is 0 Å². The van der Waals surface area contributed by atoms with Gasteiger partial charge in [-0.2, -0.15) is 0 Å². The van der Waals surface area contributed by atoms with Gasteiger partial charge in [0.05, 0.1) is 7.11 Å². The quantitative estimate of drug-likeness (QED) is 0.913. The molecule has 100 valence electrons. The van der Waals surface area contributed by atoms with E-state index >= 15 is 0 Å². The number of aliphatic hydroxyl groups is 1. The van der Waals surface area contributed by atoms with Gasteiger partial charge in [-0.3, -0.25) is 0 Å². The summed E-state index contributed by atoms with van der Waals surface area (Å²) < 4.78 is 6.29. The molecule has 2 nitrogen and oxygen atoms in total. The molecule has 0 fully saturated rings. The SMILES string of the molecule is COc1ccc(Br)cc1C(O)c1cc2c(s1)CCC2. The van der Waals surface area contributed by atoms with Gasteiger partial charge in [-0.05, 0) is 49.1 Å². The fraction of sp³-hybridized carbons (Fsp3) is 0.333. The highest BCUT2D eigenvalue weighted by molar-refractivity contribution is 9.10. The summed E-state index contributed by atoms with van der Waals surface area (Å²) in [4.78, 5) is 2.45. The number of rotatable bonds is 3. The first-order valence-electron chi connectivity index (χ1n) is 6.32. The number of halogens is 1. The molecule has 2 aromatic rings. The maximum atomic E-state index is 10.6. The third-order valence-corrected chi connectivity index (χ3v) is 5.30. The smallest absolute Gasteiger partial charge is 0.125 e. The van der Waals surface area contributed by atoms with Crippen LogP contribution >= 0.6 is 27.3 Å². The average molecular weight is 339 g/mol. The van der Waals surface area contributed by atoms with Crippen LogP contribution < -0.4 is 4.74 Å². The first kappa shape index (κ1) is 13.2. The van der Waals surface area contributed by atoms with Gasteiger partial charge in [-0.25, -0.2) is 0 Å². The Bertz CT molecular complexity index is 585. The molecule has 1 aromatic carbocycles. The Morgan fingerprint density at radius 3 is 2.89 bits per heavy atom. The zero-order valence-electron chi connectivity index (χ0n) is 10.6. The summed E-state index contributed by atoms with van der Waals surface area (Å²) in [5, 5.41) is 10.6. The van der Waals surface area contributed by atoms with E-state index in [1.807, 2.05) is 18.2 Å². The zero-order valence-corrected chi connectivity index (χ0v) is 13.1. The molecule has 19 heavy (non-hydrogen) atoms. The number of benzene rings is 1. The van der Waals surface area contributed by atoms with Crippen molar-refractivity contribution >= 4 is 27.3 Å². The van der Waals surface area contributed by atoms with Gasteiger partial charge in [0.2, 0.25) is 0 Å². The molecule has 1 aromatic heterocycles. The van der Waals surface area contributed by atoms with Gasteiger partial charge in [0.1, 0.15) is 11.9 Å². The number of aliphatic hydroxyl groups excluding tert-OH is 1. The van der Waals surface area contributed by atoms with E-state index in [0.29, 0.717) is 0 Å². The molecule has 3 rings (SSSR count). The van der Waals surface area contributed by atoms with E-state index in [-0.39, 0.29) is 0 Å². The van der Waals surface area contributed by atoms with Gasteiger partial charge in [0.15, 0.2) is 0 Å². The fourth-order valence-corrected chi connectivity index (χ4v) is 4.20. The van der Waals surface area contributed by atoms with Gasteiger partial charge >= 0.3 is 0 Å². The maximum Gasteiger partial charge on any atom is 0.125 e. The molecule has 1 atom stereocenters. The highest BCUT2D eigenvalue weighted by Gasteiger charge is 2.22. The lowest BCUT2D eigenvalue weighted by Crippen LogP contribution is -2.00. The summed E-state index contributed by atoms with van der Waals surface area (Å²) in [6, 6.07) is 7.87. The molecule has 4 heteroatoms. The number of aryl methyl sites for hydroxylation is 2. The molecular weight excluding hydrogens is 324 g/mol. The topological polar surface area (TPSA) is 29.5 Å². The number of hydrogen-bond acceptors (Lipinski definition) is 3. The molecule has 0 amide bonds. The minimum absolute atomic E-state index is 0.608. The van der Waals surface area contributed by atoms with E-state index in [1.165, 1.54) is 16.9 Å². The summed E-state index contributed by atoms with van der Waals surface area (Å²) in [6.07, 6.45) is 2.94. The first-order chi connectivity index (χ1) is 9.19. The van der Waals surface area contributed by atoms with Crippen molar-refractivity contribution in [1.29, 1.82) is 0 Å². The van der Waals surface area contributed by atoms with Gasteiger partial charge in [0, 0.05) is 19.8 Å². The molecule has 0 aliphatic heterocycles. The first-order valence-corrected chi connectivity index (χ1v) is 7.93. The number of hydrogen-bond donors (Lipinski definition) is 1. The van der Waals surface area contributed by atoms with Crippen LogP contribution in [0, 0.1) is 0 Å². The number of ether oxygens (including phenoxy) is 1. The lowest BCUT2D eigenvalue weighted by molar-refractivity contribution is 0.218. The number of thiophene rings is 1. The summed E-state index contributed by atoms with van der Waals surface area (Å²) in [7, 11) is 1.63. The van der Waals surface area contributed by atoms with Crippen LogP contribution in [0.3, 0.4) is 0 Å². The molecule has 0 saturated heterocycles. The summed E-state index contributed by atoms with van der Waals surface area (Å²) in [5.74, 6) is 0.726. The van der Waals surface area contributed by atoms with Gasteiger partial charge in [-0.15, -0.1) is 11.3 Å². The van der Waals surface area contributed by atoms with Crippen molar-refractivity contribution in [3.05, 3.63) is 49.6 Å². The number of fused-ring (bicyclic) bond motifs is 1. The molecule has 1 N–H and O–H groups in total. The van der Waals surface area contributed by atoms with Crippen molar-refractivity contribution < 1.29 is 9.84 Å². The van der Waals surface area contributed by atoms with Crippen molar-refractivity contribution in [1.82, 2.24) is 0 Å². The van der Waals surface area contributed by atoms with Gasteiger partial charge < -0.3 is 9.84 Å². The second-order valence-electron chi connectivity index (χ2n) is 4.74. The number of methoxy groups -OCH3 is 1. The van der Waals surface area contributed by atoms with Crippen molar-refractivity contribution in [3.8, 4) is 5.75 Å². The molecule has 0 bridgehead atoms. The lowest BCUT2D eigenvalue weighted by Gasteiger charge is -2.14. The fourth-order valence-electron chi connectivity index (χ4n) is 2.56. The lowest BCUT2D eigenvalue weighted by atomic mass is 10.1. The molecule has 1 aliphatic rings. The standard InChI is InChI=1S/C15H15BrO2S/c1-18-12-6-5-10(16)8-11(12)15(17)14-7-9-3-2-4-13(9)19-14/h5-8,15,17H,2-4H2,1H3. The second-order valence-corrected chi connectivity index (χ2v) is 6.82. The Kier molecular flexibility index (Phi) is 3.65. The third kappa shape index (κ3) is 2.45. The van der Waals surface area contributed by atoms with Crippen LogP contribution in [0.15, 0.2) is 28.7 Å². The highest BCUT2D eigenvalue weighted by atomic mass is 79.9. The minimum atomic E-state index is -0.608. The van der Waals surface area contributed by atoms with Gasteiger partial charge in [-0.1, -0.05) is 15.9 Å². The normalized spacial score (nSPS) is 15.3. The van der Waals surface area contributed by atoms with E-state index in [2.05, 4.69) is 22.0 Å². The van der Waals surface area contributed by atoms with Crippen molar-refractivity contribution in [2.24, 2.45) is 0 Å². The molecule has 0 spiro atoms. The van der Waals surface area contributed by atoms with E-state index < -0.39 is 6.10 Å². The highest BCUT2D eigenvalue weighted by Crippen LogP contribution is 2.39. The second kappa shape index (κ2) is 5.27. The molecule has 0 radical (unpaired) electrons. The van der Waals surface area contributed by atoms with Crippen LogP contribution in [0.5, 0.6) is 5.75 Å². The molecule has 1 heterocycles. The zero-order chi connectivity index (χ0) is 13.4. The summed E-state index contributed by atoms with van der Waals surface area (Å²) >= 11 is 5.18. The Balaban J connectivity index is 1.98. The van der Waals surface area contributed by atoms with Crippen molar-refractivity contribution in [3.63, 3.8) is 0 Å². The monoisotopic (exact) mass is 338 g/mol. The average Bonchev–Trinajstić information content (AvgIpc) is 2.98. The van der Waals surface area contributed by atoms with Crippen molar-refractivity contribution in [2.45, 2.75) is 25.4 Å². The maximum absolute atomic E-state index is 10.6. The van der Waals surface area contributed by atoms with E-state index in [9.17, 15) is 5.11 Å². The largest absolute Gasteiger partial charge is 0.496 e. The Labute approximate surface area is 125 Å². The summed E-state index contributed by atoms with van der Waals surface area (Å²) in [6.45, 7) is 0. The van der Waals surface area contributed by atoms with Crippen LogP contribution in [0.2, 0.25) is 0 Å². The predicted octanol–water partition coefficient (Wildman–Crippen LogP) is 4.09. The molecule has 1 unspecified atom stereocenters. The van der Waals surface area contributed by atoms with Crippen LogP contribution in [-0.2, 0) is 12.8 Å². The van der Waals surface area contributed by atoms with Gasteiger partial charge in [0.25, 0.3) is 0 Å². The predicted molar refractivity (Wildman–Crippen MR) is 81.1 cm³/mol. The van der Waals surface area contributed by atoms with Crippen LogP contribution in [0.1, 0.15) is 33.4 Å². The van der Waals surface area contributed by atoms with Crippen LogP contribution in [-0.4, -0.2) is 12.2 Å². The molecule has 0 saturated carbocycles. The Morgan fingerprint density at radius 2 is 2.16 bits per heavy atom.